The number of halogens is 3. The van der Waals surface area contributed by atoms with E-state index in [1.807, 2.05) is 30.3 Å². The van der Waals surface area contributed by atoms with Crippen molar-refractivity contribution in [3.05, 3.63) is 82.6 Å². The number of allylic oxidation sites excluding steroid dienone is 1. The van der Waals surface area contributed by atoms with Gasteiger partial charge in [-0.1, -0.05) is 42.5 Å². The first-order valence-electron chi connectivity index (χ1n) is 10.0. The average Bonchev–Trinajstić information content (AvgIpc) is 2.70. The van der Waals surface area contributed by atoms with Crippen LogP contribution in [0.4, 0.5) is 13.2 Å². The van der Waals surface area contributed by atoms with Crippen molar-refractivity contribution in [2.75, 3.05) is 0 Å². The second-order valence-electron chi connectivity index (χ2n) is 7.80. The lowest BCUT2D eigenvalue weighted by Gasteiger charge is -2.35. The Labute approximate surface area is 179 Å². The minimum absolute atomic E-state index is 0.0297. The molecule has 2 aromatic rings. The largest absolute Gasteiger partial charge is 0.460 e. The van der Waals surface area contributed by atoms with Gasteiger partial charge in [0, 0.05) is 18.0 Å². The van der Waals surface area contributed by atoms with E-state index in [4.69, 9.17) is 4.74 Å². The van der Waals surface area contributed by atoms with Crippen molar-refractivity contribution in [1.29, 1.82) is 0 Å². The maximum Gasteiger partial charge on any atom is 0.416 e. The fourth-order valence-electron chi connectivity index (χ4n) is 3.70. The molecule has 1 atom stereocenters. The Hall–Kier alpha value is -3.09. The molecular weight excluding hydrogens is 407 g/mol. The van der Waals surface area contributed by atoms with Crippen LogP contribution in [-0.2, 0) is 27.0 Å². The van der Waals surface area contributed by atoms with Gasteiger partial charge < -0.3 is 9.64 Å². The zero-order valence-corrected chi connectivity index (χ0v) is 17.6. The molecule has 0 N–H and O–H groups in total. The highest BCUT2D eigenvalue weighted by Crippen LogP contribution is 2.39. The molecule has 4 nitrogen and oxygen atoms in total. The SMILES string of the molecule is CC1=C(C(=O)OC(C)C)[C@H](c2ccc(C(F)(F)F)cc2)CC(=O)N1Cc1ccccc1. The fraction of sp³-hybridized carbons (Fsp3) is 0.333. The van der Waals surface area contributed by atoms with E-state index in [-0.39, 0.29) is 18.4 Å². The van der Waals surface area contributed by atoms with Crippen LogP contribution in [0.15, 0.2) is 65.9 Å². The average molecular weight is 431 g/mol. The van der Waals surface area contributed by atoms with Gasteiger partial charge in [0.05, 0.1) is 23.8 Å². The van der Waals surface area contributed by atoms with Crippen LogP contribution in [0.25, 0.3) is 0 Å². The summed E-state index contributed by atoms with van der Waals surface area (Å²) in [6, 6.07) is 13.9. The minimum atomic E-state index is -4.46. The molecule has 0 aromatic heterocycles. The molecular formula is C24H24F3NO3. The molecule has 0 saturated heterocycles. The Balaban J connectivity index is 2.02. The van der Waals surface area contributed by atoms with Crippen LogP contribution in [0, 0.1) is 0 Å². The van der Waals surface area contributed by atoms with Gasteiger partial charge in [-0.25, -0.2) is 4.79 Å². The maximum atomic E-state index is 13.0. The predicted molar refractivity (Wildman–Crippen MR) is 110 cm³/mol. The molecule has 0 fully saturated rings. The van der Waals surface area contributed by atoms with Crippen molar-refractivity contribution in [3.8, 4) is 0 Å². The minimum Gasteiger partial charge on any atom is -0.460 e. The smallest absolute Gasteiger partial charge is 0.416 e. The molecule has 1 aliphatic rings. The molecule has 0 bridgehead atoms. The number of amides is 1. The lowest BCUT2D eigenvalue weighted by Crippen LogP contribution is -2.38. The summed E-state index contributed by atoms with van der Waals surface area (Å²) >= 11 is 0. The summed E-state index contributed by atoms with van der Waals surface area (Å²) in [5.74, 6) is -1.44. The molecule has 1 aliphatic heterocycles. The maximum absolute atomic E-state index is 13.0. The summed E-state index contributed by atoms with van der Waals surface area (Å²) in [4.78, 5) is 27.4. The number of carbonyl (C=O) groups excluding carboxylic acids is 2. The van der Waals surface area contributed by atoms with E-state index in [1.165, 1.54) is 17.0 Å². The third-order valence-electron chi connectivity index (χ3n) is 5.21. The van der Waals surface area contributed by atoms with Crippen molar-refractivity contribution >= 4 is 11.9 Å². The van der Waals surface area contributed by atoms with Crippen molar-refractivity contribution in [1.82, 2.24) is 4.90 Å². The van der Waals surface area contributed by atoms with Crippen molar-refractivity contribution < 1.29 is 27.5 Å². The fourth-order valence-corrected chi connectivity index (χ4v) is 3.70. The summed E-state index contributed by atoms with van der Waals surface area (Å²) < 4.78 is 44.3. The van der Waals surface area contributed by atoms with E-state index < -0.39 is 23.6 Å². The molecule has 1 heterocycles. The van der Waals surface area contributed by atoms with Gasteiger partial charge in [-0.3, -0.25) is 4.79 Å². The normalized spacial score (nSPS) is 17.3. The Bertz CT molecular complexity index is 979. The highest BCUT2D eigenvalue weighted by molar-refractivity contribution is 5.96. The third kappa shape index (κ3) is 5.16. The van der Waals surface area contributed by atoms with Crippen LogP contribution in [0.3, 0.4) is 0 Å². The van der Waals surface area contributed by atoms with Gasteiger partial charge in [0.15, 0.2) is 0 Å². The summed E-state index contributed by atoms with van der Waals surface area (Å²) in [6.07, 6.45) is -4.86. The Morgan fingerprint density at radius 1 is 1.10 bits per heavy atom. The molecule has 2 aromatic carbocycles. The van der Waals surface area contributed by atoms with E-state index in [0.717, 1.165) is 17.7 Å². The quantitative estimate of drug-likeness (QED) is 0.592. The van der Waals surface area contributed by atoms with Gasteiger partial charge in [0.25, 0.3) is 0 Å². The highest BCUT2D eigenvalue weighted by atomic mass is 19.4. The van der Waals surface area contributed by atoms with Crippen molar-refractivity contribution in [2.45, 2.75) is 51.9 Å². The van der Waals surface area contributed by atoms with Gasteiger partial charge in [-0.05, 0) is 44.0 Å². The molecule has 31 heavy (non-hydrogen) atoms. The van der Waals surface area contributed by atoms with E-state index in [1.54, 1.807) is 20.8 Å². The molecule has 7 heteroatoms. The number of rotatable bonds is 5. The lowest BCUT2D eigenvalue weighted by molar-refractivity contribution is -0.144. The second kappa shape index (κ2) is 8.96. The van der Waals surface area contributed by atoms with E-state index >= 15 is 0 Å². The number of ether oxygens (including phenoxy) is 1. The lowest BCUT2D eigenvalue weighted by atomic mass is 9.83. The predicted octanol–water partition coefficient (Wildman–Crippen LogP) is 5.45. The summed E-state index contributed by atoms with van der Waals surface area (Å²) in [7, 11) is 0. The zero-order valence-electron chi connectivity index (χ0n) is 17.6. The van der Waals surface area contributed by atoms with Gasteiger partial charge in [-0.15, -0.1) is 0 Å². The molecule has 0 saturated carbocycles. The van der Waals surface area contributed by atoms with Gasteiger partial charge in [0.1, 0.15) is 0 Å². The van der Waals surface area contributed by atoms with Crippen LogP contribution in [0.5, 0.6) is 0 Å². The first-order valence-corrected chi connectivity index (χ1v) is 10.0. The third-order valence-corrected chi connectivity index (χ3v) is 5.21. The molecule has 0 unspecified atom stereocenters. The van der Waals surface area contributed by atoms with Gasteiger partial charge in [-0.2, -0.15) is 13.2 Å². The van der Waals surface area contributed by atoms with Gasteiger partial charge >= 0.3 is 12.1 Å². The number of hydrogen-bond acceptors (Lipinski definition) is 3. The second-order valence-corrected chi connectivity index (χ2v) is 7.80. The monoisotopic (exact) mass is 431 g/mol. The van der Waals surface area contributed by atoms with Crippen LogP contribution < -0.4 is 0 Å². The molecule has 0 radical (unpaired) electrons. The first kappa shape index (κ1) is 22.6. The van der Waals surface area contributed by atoms with Crippen molar-refractivity contribution in [2.24, 2.45) is 0 Å². The number of hydrogen-bond donors (Lipinski definition) is 0. The van der Waals surface area contributed by atoms with Crippen molar-refractivity contribution in [3.63, 3.8) is 0 Å². The Morgan fingerprint density at radius 3 is 2.26 bits per heavy atom. The number of nitrogens with zero attached hydrogens (tertiary/aromatic N) is 1. The summed E-state index contributed by atoms with van der Waals surface area (Å²) in [5.41, 5.74) is 1.34. The van der Waals surface area contributed by atoms with Crippen LogP contribution in [0.2, 0.25) is 0 Å². The first-order chi connectivity index (χ1) is 14.6. The number of carbonyl (C=O) groups is 2. The number of alkyl halides is 3. The Morgan fingerprint density at radius 2 is 1.71 bits per heavy atom. The number of benzene rings is 2. The zero-order chi connectivity index (χ0) is 22.8. The highest BCUT2D eigenvalue weighted by Gasteiger charge is 2.38. The summed E-state index contributed by atoms with van der Waals surface area (Å²) in [6.45, 7) is 5.41. The molecule has 3 rings (SSSR count). The molecule has 164 valence electrons. The topological polar surface area (TPSA) is 46.6 Å². The van der Waals surface area contributed by atoms with Crippen LogP contribution in [-0.4, -0.2) is 22.9 Å². The van der Waals surface area contributed by atoms with Gasteiger partial charge in [0.2, 0.25) is 5.91 Å². The number of esters is 1. The van der Waals surface area contributed by atoms with E-state index in [0.29, 0.717) is 23.4 Å². The Kier molecular flexibility index (Phi) is 6.53. The standard InChI is InChI=1S/C24H24F3NO3/c1-15(2)31-23(30)22-16(3)28(14-17-7-5-4-6-8-17)21(29)13-20(22)18-9-11-19(12-10-18)24(25,26)27/h4-12,15,20H,13-14H2,1-3H3/t20-/m0/s1. The molecule has 1 amide bonds. The summed E-state index contributed by atoms with van der Waals surface area (Å²) in [5, 5.41) is 0. The van der Waals surface area contributed by atoms with E-state index in [2.05, 4.69) is 0 Å². The van der Waals surface area contributed by atoms with E-state index in [9.17, 15) is 22.8 Å². The molecule has 0 aliphatic carbocycles. The molecule has 0 spiro atoms. The van der Waals surface area contributed by atoms with Crippen LogP contribution >= 0.6 is 0 Å². The van der Waals surface area contributed by atoms with Crippen LogP contribution in [0.1, 0.15) is 49.8 Å².